The van der Waals surface area contributed by atoms with Crippen LogP contribution in [0.15, 0.2) is 41.2 Å². The fraction of sp³-hybridized carbons (Fsp3) is 0.444. The molecule has 3 aromatic rings. The number of phenolic OH excluding ortho intramolecular Hbond substituents is 1. The van der Waals surface area contributed by atoms with E-state index in [1.807, 2.05) is 19.9 Å². The van der Waals surface area contributed by atoms with Gasteiger partial charge in [0.15, 0.2) is 0 Å². The van der Waals surface area contributed by atoms with Crippen LogP contribution in [0.4, 0.5) is 0 Å². The quantitative estimate of drug-likeness (QED) is 0.485. The van der Waals surface area contributed by atoms with Crippen molar-refractivity contribution in [3.63, 3.8) is 0 Å². The summed E-state index contributed by atoms with van der Waals surface area (Å²) in [6.45, 7) is 9.18. The van der Waals surface area contributed by atoms with Crippen molar-refractivity contribution in [2.45, 2.75) is 71.6 Å². The summed E-state index contributed by atoms with van der Waals surface area (Å²) in [5.41, 5.74) is 7.06. The molecule has 170 valence electrons. The molecule has 5 heteroatoms. The molecule has 0 fully saturated rings. The van der Waals surface area contributed by atoms with Crippen LogP contribution in [0, 0.1) is 0 Å². The van der Waals surface area contributed by atoms with Crippen LogP contribution < -0.4 is 10.9 Å². The van der Waals surface area contributed by atoms with Crippen molar-refractivity contribution in [1.29, 1.82) is 0 Å². The average molecular weight is 435 g/mol. The van der Waals surface area contributed by atoms with E-state index in [1.54, 1.807) is 12.1 Å². The minimum absolute atomic E-state index is 0.0495. The lowest BCUT2D eigenvalue weighted by molar-refractivity contribution is 0.00661. The summed E-state index contributed by atoms with van der Waals surface area (Å²) >= 11 is 0. The van der Waals surface area contributed by atoms with Gasteiger partial charge in [-0.3, -0.25) is 4.79 Å². The second kappa shape index (κ2) is 9.47. The summed E-state index contributed by atoms with van der Waals surface area (Å²) in [4.78, 5) is 14.5. The molecule has 1 aliphatic carbocycles. The molecule has 3 N–H and O–H groups in total. The zero-order valence-corrected chi connectivity index (χ0v) is 19.5. The van der Waals surface area contributed by atoms with Crippen molar-refractivity contribution in [2.75, 3.05) is 6.54 Å². The Hall–Kier alpha value is -2.63. The van der Waals surface area contributed by atoms with Gasteiger partial charge in [-0.25, -0.2) is 0 Å². The monoisotopic (exact) mass is 434 g/mol. The third kappa shape index (κ3) is 4.59. The van der Waals surface area contributed by atoms with Crippen molar-refractivity contribution >= 4 is 10.9 Å². The number of aromatic amines is 1. The Balaban J connectivity index is 1.55. The summed E-state index contributed by atoms with van der Waals surface area (Å²) in [6, 6.07) is 12.0. The van der Waals surface area contributed by atoms with Gasteiger partial charge in [-0.15, -0.1) is 0 Å². The van der Waals surface area contributed by atoms with Crippen LogP contribution >= 0.6 is 0 Å². The zero-order valence-electron chi connectivity index (χ0n) is 19.5. The van der Waals surface area contributed by atoms with Crippen molar-refractivity contribution in [3.05, 3.63) is 74.6 Å². The third-order valence-corrected chi connectivity index (χ3v) is 6.50. The van der Waals surface area contributed by atoms with Gasteiger partial charge in [-0.1, -0.05) is 32.0 Å². The molecule has 1 atom stereocenters. The van der Waals surface area contributed by atoms with E-state index in [0.717, 1.165) is 36.6 Å². The lowest BCUT2D eigenvalue weighted by atomic mass is 9.97. The normalized spacial score (nSPS) is 14.9. The predicted molar refractivity (Wildman–Crippen MR) is 130 cm³/mol. The van der Waals surface area contributed by atoms with Crippen molar-refractivity contribution in [3.8, 4) is 5.75 Å². The van der Waals surface area contributed by atoms with Crippen LogP contribution in [-0.4, -0.2) is 28.8 Å². The maximum atomic E-state index is 11.8. The van der Waals surface area contributed by atoms with Crippen LogP contribution in [0.2, 0.25) is 0 Å². The molecule has 0 bridgehead atoms. The van der Waals surface area contributed by atoms with Crippen LogP contribution in [0.1, 0.15) is 61.6 Å². The molecule has 5 nitrogen and oxygen atoms in total. The number of rotatable bonds is 8. The van der Waals surface area contributed by atoms with Gasteiger partial charge in [0.25, 0.3) is 0 Å². The van der Waals surface area contributed by atoms with Crippen LogP contribution in [-0.2, 0) is 30.4 Å². The van der Waals surface area contributed by atoms with E-state index in [0.29, 0.717) is 18.1 Å². The number of aromatic nitrogens is 1. The van der Waals surface area contributed by atoms with E-state index in [1.165, 1.54) is 28.3 Å². The minimum Gasteiger partial charge on any atom is -0.506 e. The second-order valence-corrected chi connectivity index (χ2v) is 9.07. The molecule has 0 aliphatic heterocycles. The Bertz CT molecular complexity index is 1130. The molecule has 0 spiro atoms. The number of aryl methyl sites for hydroxylation is 2. The molecule has 0 amide bonds. The number of phenols is 1. The maximum Gasteiger partial charge on any atom is 0.248 e. The highest BCUT2D eigenvalue weighted by atomic mass is 16.5. The average Bonchev–Trinajstić information content (AvgIpc) is 3.17. The largest absolute Gasteiger partial charge is 0.506 e. The van der Waals surface area contributed by atoms with Gasteiger partial charge in [0.2, 0.25) is 5.56 Å². The highest BCUT2D eigenvalue weighted by Crippen LogP contribution is 2.32. The first-order valence-corrected chi connectivity index (χ1v) is 11.8. The van der Waals surface area contributed by atoms with Crippen LogP contribution in [0.5, 0.6) is 5.75 Å². The summed E-state index contributed by atoms with van der Waals surface area (Å²) in [5.74, 6) is 0.0717. The SMILES string of the molecule is CCc1cc2c(cc1CC)CC(NC[C@H](OC(C)C)c1ccc(O)c3[nH]c(=O)ccc13)C2. The van der Waals surface area contributed by atoms with Gasteiger partial charge in [-0.05, 0) is 79.5 Å². The Kier molecular flexibility index (Phi) is 6.68. The maximum absolute atomic E-state index is 11.8. The lowest BCUT2D eigenvalue weighted by Crippen LogP contribution is -2.34. The van der Waals surface area contributed by atoms with Gasteiger partial charge in [-0.2, -0.15) is 0 Å². The van der Waals surface area contributed by atoms with E-state index in [9.17, 15) is 9.90 Å². The minimum atomic E-state index is -0.231. The van der Waals surface area contributed by atoms with E-state index < -0.39 is 0 Å². The second-order valence-electron chi connectivity index (χ2n) is 9.07. The fourth-order valence-electron chi connectivity index (χ4n) is 4.95. The Morgan fingerprint density at radius 3 is 2.31 bits per heavy atom. The Morgan fingerprint density at radius 2 is 1.72 bits per heavy atom. The first kappa shape index (κ1) is 22.6. The van der Waals surface area contributed by atoms with Gasteiger partial charge < -0.3 is 20.1 Å². The summed E-state index contributed by atoms with van der Waals surface area (Å²) in [5, 5.41) is 14.8. The van der Waals surface area contributed by atoms with Gasteiger partial charge in [0.1, 0.15) is 5.75 Å². The molecule has 1 aromatic heterocycles. The lowest BCUT2D eigenvalue weighted by Gasteiger charge is -2.24. The number of H-pyrrole nitrogens is 1. The van der Waals surface area contributed by atoms with Crippen molar-refractivity contribution in [1.82, 2.24) is 10.3 Å². The van der Waals surface area contributed by atoms with Gasteiger partial charge >= 0.3 is 0 Å². The van der Waals surface area contributed by atoms with E-state index in [4.69, 9.17) is 4.74 Å². The van der Waals surface area contributed by atoms with E-state index in [-0.39, 0.29) is 23.5 Å². The van der Waals surface area contributed by atoms with E-state index in [2.05, 4.69) is 36.3 Å². The smallest absolute Gasteiger partial charge is 0.248 e. The van der Waals surface area contributed by atoms with Crippen molar-refractivity contribution < 1.29 is 9.84 Å². The summed E-state index contributed by atoms with van der Waals surface area (Å²) < 4.78 is 6.29. The predicted octanol–water partition coefficient (Wildman–Crippen LogP) is 4.58. The Morgan fingerprint density at radius 1 is 1.06 bits per heavy atom. The molecule has 2 aromatic carbocycles. The van der Waals surface area contributed by atoms with Gasteiger partial charge in [0, 0.05) is 24.0 Å². The number of aromatic hydroxyl groups is 1. The topological polar surface area (TPSA) is 74.3 Å². The molecule has 0 radical (unpaired) electrons. The third-order valence-electron chi connectivity index (χ3n) is 6.50. The van der Waals surface area contributed by atoms with Gasteiger partial charge in [0.05, 0.1) is 17.7 Å². The molecule has 4 rings (SSSR count). The molecule has 1 aliphatic rings. The molecule has 0 saturated carbocycles. The van der Waals surface area contributed by atoms with Crippen molar-refractivity contribution in [2.24, 2.45) is 0 Å². The molecule has 1 heterocycles. The molecular weight excluding hydrogens is 400 g/mol. The summed E-state index contributed by atoms with van der Waals surface area (Å²) in [7, 11) is 0. The fourth-order valence-corrected chi connectivity index (χ4v) is 4.95. The highest BCUT2D eigenvalue weighted by Gasteiger charge is 2.25. The first-order valence-electron chi connectivity index (χ1n) is 11.8. The molecule has 0 unspecified atom stereocenters. The van der Waals surface area contributed by atoms with E-state index >= 15 is 0 Å². The number of ether oxygens (including phenoxy) is 1. The number of fused-ring (bicyclic) bond motifs is 2. The summed E-state index contributed by atoms with van der Waals surface area (Å²) in [6.07, 6.45) is 4.08. The molecule has 32 heavy (non-hydrogen) atoms. The van der Waals surface area contributed by atoms with Crippen LogP contribution in [0.3, 0.4) is 0 Å². The highest BCUT2D eigenvalue weighted by molar-refractivity contribution is 5.87. The van der Waals surface area contributed by atoms with Crippen LogP contribution in [0.25, 0.3) is 10.9 Å². The Labute approximate surface area is 189 Å². The molecular formula is C27H34N2O3. The zero-order chi connectivity index (χ0) is 22.8. The number of hydrogen-bond donors (Lipinski definition) is 3. The number of benzene rings is 2. The number of nitrogens with one attached hydrogen (secondary N) is 2. The number of pyridine rings is 1. The standard InChI is InChI=1S/C27H34N2O3/c1-5-17-11-19-13-21(14-20(19)12-18(17)6-2)28-15-25(32-16(3)4)22-7-9-24(30)27-23(22)8-10-26(31)29-27/h7-12,16,21,25,28,30H,5-6,13-15H2,1-4H3,(H,29,31)/t25-/m0/s1. The number of hydrogen-bond acceptors (Lipinski definition) is 4. The molecule has 0 saturated heterocycles. The first-order chi connectivity index (χ1) is 15.4.